The summed E-state index contributed by atoms with van der Waals surface area (Å²) in [6.45, 7) is 0. The van der Waals surface area contributed by atoms with Crippen LogP contribution in [0.3, 0.4) is 0 Å². The Morgan fingerprint density at radius 3 is 2.81 bits per heavy atom. The summed E-state index contributed by atoms with van der Waals surface area (Å²) in [5.41, 5.74) is 12.3. The third-order valence-corrected chi connectivity index (χ3v) is 5.88. The molecule has 2 aromatic carbocycles. The summed E-state index contributed by atoms with van der Waals surface area (Å²) in [4.78, 5) is 0. The zero-order chi connectivity index (χ0) is 14.4. The van der Waals surface area contributed by atoms with Crippen molar-refractivity contribution in [2.45, 2.75) is 12.8 Å². The number of nitrogen functional groups attached to an aromatic ring is 1. The lowest BCUT2D eigenvalue weighted by atomic mass is 9.89. The van der Waals surface area contributed by atoms with E-state index in [0.717, 1.165) is 22.3 Å². The number of nitrogens with two attached hydrogens (primary N) is 1. The predicted octanol–water partition coefficient (Wildman–Crippen LogP) is 5.87. The van der Waals surface area contributed by atoms with Crippen LogP contribution in [0.15, 0.2) is 46.3 Å². The van der Waals surface area contributed by atoms with Gasteiger partial charge in [-0.3, -0.25) is 0 Å². The SMILES string of the molecule is Nc1ccc2c(c1-c1c(Br)sc3ccccc13)C=CCC2. The van der Waals surface area contributed by atoms with Crippen LogP contribution >= 0.6 is 27.3 Å². The molecule has 0 atom stereocenters. The van der Waals surface area contributed by atoms with E-state index in [2.05, 4.69) is 58.4 Å². The van der Waals surface area contributed by atoms with Crippen LogP contribution in [0.1, 0.15) is 17.5 Å². The van der Waals surface area contributed by atoms with Crippen molar-refractivity contribution in [1.29, 1.82) is 0 Å². The van der Waals surface area contributed by atoms with Crippen LogP contribution in [0, 0.1) is 0 Å². The number of rotatable bonds is 1. The molecule has 4 rings (SSSR count). The van der Waals surface area contributed by atoms with Crippen LogP contribution in [0.2, 0.25) is 0 Å². The van der Waals surface area contributed by atoms with Gasteiger partial charge in [0.2, 0.25) is 0 Å². The summed E-state index contributed by atoms with van der Waals surface area (Å²) in [6.07, 6.45) is 6.68. The summed E-state index contributed by atoms with van der Waals surface area (Å²) >= 11 is 5.52. The Morgan fingerprint density at radius 2 is 1.90 bits per heavy atom. The van der Waals surface area contributed by atoms with Crippen LogP contribution in [0.25, 0.3) is 27.3 Å². The number of hydrogen-bond acceptors (Lipinski definition) is 2. The van der Waals surface area contributed by atoms with E-state index in [9.17, 15) is 0 Å². The van der Waals surface area contributed by atoms with Crippen molar-refractivity contribution < 1.29 is 0 Å². The van der Waals surface area contributed by atoms with Gasteiger partial charge in [0, 0.05) is 26.9 Å². The molecule has 1 aliphatic carbocycles. The Labute approximate surface area is 136 Å². The minimum atomic E-state index is 0.851. The third-order valence-electron chi connectivity index (χ3n) is 4.04. The third kappa shape index (κ3) is 2.03. The number of thiophene rings is 1. The number of aryl methyl sites for hydroxylation is 1. The van der Waals surface area contributed by atoms with Crippen LogP contribution < -0.4 is 5.73 Å². The quantitative estimate of drug-likeness (QED) is 0.542. The van der Waals surface area contributed by atoms with Gasteiger partial charge in [-0.25, -0.2) is 0 Å². The van der Waals surface area contributed by atoms with Gasteiger partial charge in [-0.15, -0.1) is 11.3 Å². The van der Waals surface area contributed by atoms with Crippen LogP contribution in [-0.2, 0) is 6.42 Å². The molecule has 0 aliphatic heterocycles. The molecular weight excluding hydrogens is 342 g/mol. The van der Waals surface area contributed by atoms with E-state index in [1.54, 1.807) is 11.3 Å². The molecule has 1 aliphatic rings. The molecule has 1 nitrogen and oxygen atoms in total. The van der Waals surface area contributed by atoms with E-state index in [-0.39, 0.29) is 0 Å². The van der Waals surface area contributed by atoms with E-state index in [1.807, 2.05) is 6.07 Å². The van der Waals surface area contributed by atoms with E-state index in [0.29, 0.717) is 0 Å². The second-order valence-corrected chi connectivity index (χ2v) is 7.66. The van der Waals surface area contributed by atoms with E-state index >= 15 is 0 Å². The summed E-state index contributed by atoms with van der Waals surface area (Å²) in [5, 5.41) is 1.27. The second-order valence-electron chi connectivity index (χ2n) is 5.29. The zero-order valence-electron chi connectivity index (χ0n) is 11.4. The lowest BCUT2D eigenvalue weighted by Crippen LogP contribution is -2.00. The first kappa shape index (κ1) is 13.1. The molecule has 1 aromatic heterocycles. The number of fused-ring (bicyclic) bond motifs is 2. The summed E-state index contributed by atoms with van der Waals surface area (Å²) in [5.74, 6) is 0. The van der Waals surface area contributed by atoms with Gasteiger partial charge in [0.1, 0.15) is 0 Å². The molecule has 104 valence electrons. The Kier molecular flexibility index (Phi) is 3.12. The molecule has 3 aromatic rings. The highest BCUT2D eigenvalue weighted by Gasteiger charge is 2.19. The van der Waals surface area contributed by atoms with Gasteiger partial charge in [-0.05, 0) is 52.0 Å². The van der Waals surface area contributed by atoms with Crippen LogP contribution in [-0.4, -0.2) is 0 Å². The van der Waals surface area contributed by atoms with Crippen molar-refractivity contribution >= 4 is 49.1 Å². The van der Waals surface area contributed by atoms with E-state index in [1.165, 1.54) is 32.3 Å². The number of hydrogen-bond donors (Lipinski definition) is 1. The minimum absolute atomic E-state index is 0.851. The molecule has 21 heavy (non-hydrogen) atoms. The molecule has 0 saturated heterocycles. The lowest BCUT2D eigenvalue weighted by Gasteiger charge is -2.17. The van der Waals surface area contributed by atoms with Crippen molar-refractivity contribution in [2.24, 2.45) is 0 Å². The molecule has 0 fully saturated rings. The number of halogens is 1. The standard InChI is InChI=1S/C18H14BrNS/c19-18-17(13-7-3-4-8-15(13)21-18)16-12-6-2-1-5-11(12)9-10-14(16)20/h2-4,6-10H,1,5,20H2. The molecule has 0 saturated carbocycles. The van der Waals surface area contributed by atoms with E-state index in [4.69, 9.17) is 5.73 Å². The van der Waals surface area contributed by atoms with Crippen molar-refractivity contribution in [2.75, 3.05) is 5.73 Å². The molecule has 0 amide bonds. The van der Waals surface area contributed by atoms with Gasteiger partial charge in [0.15, 0.2) is 0 Å². The number of allylic oxidation sites excluding steroid dienone is 1. The van der Waals surface area contributed by atoms with Crippen molar-refractivity contribution in [1.82, 2.24) is 0 Å². The van der Waals surface area contributed by atoms with E-state index < -0.39 is 0 Å². The highest BCUT2D eigenvalue weighted by atomic mass is 79.9. The summed E-state index contributed by atoms with van der Waals surface area (Å²) in [7, 11) is 0. The predicted molar refractivity (Wildman–Crippen MR) is 96.7 cm³/mol. The molecule has 3 heteroatoms. The number of benzene rings is 2. The fourth-order valence-corrected chi connectivity index (χ4v) is 4.92. The zero-order valence-corrected chi connectivity index (χ0v) is 13.8. The Balaban J connectivity index is 2.11. The smallest absolute Gasteiger partial charge is 0.0790 e. The normalized spacial score (nSPS) is 13.6. The average Bonchev–Trinajstić information content (AvgIpc) is 2.83. The number of anilines is 1. The Bertz CT molecular complexity index is 876. The Hall–Kier alpha value is -1.58. The maximum atomic E-state index is 6.35. The molecule has 0 radical (unpaired) electrons. The highest BCUT2D eigenvalue weighted by Crippen LogP contribution is 2.46. The molecule has 1 heterocycles. The molecule has 2 N–H and O–H groups in total. The van der Waals surface area contributed by atoms with Gasteiger partial charge < -0.3 is 5.73 Å². The first-order valence-corrected chi connectivity index (χ1v) is 8.62. The molecule has 0 spiro atoms. The Morgan fingerprint density at radius 1 is 1.05 bits per heavy atom. The minimum Gasteiger partial charge on any atom is -0.398 e. The largest absolute Gasteiger partial charge is 0.398 e. The second kappa shape index (κ2) is 5.00. The van der Waals surface area contributed by atoms with Gasteiger partial charge in [-0.2, -0.15) is 0 Å². The topological polar surface area (TPSA) is 26.0 Å². The monoisotopic (exact) mass is 355 g/mol. The van der Waals surface area contributed by atoms with Crippen molar-refractivity contribution in [3.8, 4) is 11.1 Å². The highest BCUT2D eigenvalue weighted by molar-refractivity contribution is 9.11. The van der Waals surface area contributed by atoms with Gasteiger partial charge in [0.25, 0.3) is 0 Å². The van der Waals surface area contributed by atoms with Crippen molar-refractivity contribution in [3.05, 3.63) is 57.4 Å². The lowest BCUT2D eigenvalue weighted by molar-refractivity contribution is 0.987. The first-order valence-electron chi connectivity index (χ1n) is 7.01. The van der Waals surface area contributed by atoms with Gasteiger partial charge >= 0.3 is 0 Å². The fourth-order valence-electron chi connectivity index (χ4n) is 3.06. The van der Waals surface area contributed by atoms with Gasteiger partial charge in [-0.1, -0.05) is 36.4 Å². The van der Waals surface area contributed by atoms with Crippen LogP contribution in [0.5, 0.6) is 0 Å². The van der Waals surface area contributed by atoms with Crippen molar-refractivity contribution in [3.63, 3.8) is 0 Å². The molecular formula is C18H14BrNS. The molecule has 0 unspecified atom stereocenters. The summed E-state index contributed by atoms with van der Waals surface area (Å²) in [6, 6.07) is 12.7. The average molecular weight is 356 g/mol. The first-order chi connectivity index (χ1) is 10.3. The maximum absolute atomic E-state index is 6.35. The van der Waals surface area contributed by atoms with Gasteiger partial charge in [0.05, 0.1) is 3.79 Å². The fraction of sp³-hybridized carbons (Fsp3) is 0.111. The molecule has 0 bridgehead atoms. The summed E-state index contributed by atoms with van der Waals surface area (Å²) < 4.78 is 2.44. The van der Waals surface area contributed by atoms with Crippen LogP contribution in [0.4, 0.5) is 5.69 Å². The maximum Gasteiger partial charge on any atom is 0.0790 e.